The van der Waals surface area contributed by atoms with Gasteiger partial charge in [0.05, 0.1) is 43.0 Å². The molecule has 12 nitrogen and oxygen atoms in total. The van der Waals surface area contributed by atoms with Crippen LogP contribution in [0.2, 0.25) is 0 Å². The second kappa shape index (κ2) is 11.1. The second-order valence-electron chi connectivity index (χ2n) is 15.9. The molecule has 5 heterocycles. The van der Waals surface area contributed by atoms with Crippen LogP contribution in [0.4, 0.5) is 0 Å². The molecule has 6 fully saturated rings. The number of Topliss-reactive ketones (excluding diaryl/α,β-unsaturated/α-hetero) is 1. The van der Waals surface area contributed by atoms with E-state index in [2.05, 4.69) is 0 Å². The molecule has 4 aliphatic heterocycles. The van der Waals surface area contributed by atoms with E-state index in [0.29, 0.717) is 37.0 Å². The van der Waals surface area contributed by atoms with Gasteiger partial charge in [-0.25, -0.2) is 4.79 Å². The summed E-state index contributed by atoms with van der Waals surface area (Å²) in [5.74, 6) is -2.25. The van der Waals surface area contributed by atoms with E-state index in [0.717, 1.165) is 12.8 Å². The summed E-state index contributed by atoms with van der Waals surface area (Å²) in [5.41, 5.74) is -4.59. The zero-order chi connectivity index (χ0) is 33.7. The molecule has 0 amide bonds. The number of cyclic esters (lactones) is 2. The Balaban J connectivity index is 1.27. The average molecular weight is 661 g/mol. The Morgan fingerprint density at radius 2 is 1.79 bits per heavy atom. The molecule has 1 aromatic heterocycles. The fourth-order valence-corrected chi connectivity index (χ4v) is 11.3. The molecule has 2 aliphatic carbocycles. The van der Waals surface area contributed by atoms with Gasteiger partial charge in [0.25, 0.3) is 0 Å². The van der Waals surface area contributed by atoms with Crippen molar-refractivity contribution in [3.05, 3.63) is 23.7 Å². The van der Waals surface area contributed by atoms with E-state index in [1.165, 1.54) is 6.26 Å². The average Bonchev–Trinajstić information content (AvgIpc) is 3.58. The lowest BCUT2D eigenvalue weighted by atomic mass is 9.36. The predicted octanol–water partition coefficient (Wildman–Crippen LogP) is 2.17. The van der Waals surface area contributed by atoms with Crippen molar-refractivity contribution >= 4 is 17.7 Å². The number of furan rings is 1. The first-order chi connectivity index (χ1) is 22.2. The zero-order valence-electron chi connectivity index (χ0n) is 27.6. The number of aliphatic hydroxyl groups excluding tert-OH is 4. The van der Waals surface area contributed by atoms with Crippen LogP contribution >= 0.6 is 0 Å². The smallest absolute Gasteiger partial charge is 0.339 e. The highest BCUT2D eigenvalue weighted by Gasteiger charge is 2.90. The molecule has 0 aromatic carbocycles. The second-order valence-corrected chi connectivity index (χ2v) is 15.9. The Kier molecular flexibility index (Phi) is 7.82. The molecule has 2 saturated carbocycles. The Labute approximate surface area is 274 Å². The molecule has 1 aromatic rings. The standard InChI is InChI=1S/C35H48O12/c1-31(2)26-25(40)27(41)33(4)22(34(26)17-44-24(39)15-23(34)46-31)9-11-32(3)28(45-30(42)29-35(32,33)47-29)19-10-13-43-21(19)14-18(20(38)16-37)8-6-5-7-12-36/h10,13,18,20,22-23,26-29,36-38,41H,5-9,11-12,14-17H2,1-4H3/t18-,20+,22+,23-,26-,27+,28-,29+,32-,33-,34+,35-/m0/s1. The van der Waals surface area contributed by atoms with Gasteiger partial charge >= 0.3 is 11.9 Å². The summed E-state index contributed by atoms with van der Waals surface area (Å²) in [5, 5.41) is 41.8. The van der Waals surface area contributed by atoms with Gasteiger partial charge in [0.1, 0.15) is 30.2 Å². The molecule has 4 saturated heterocycles. The quantitative estimate of drug-likeness (QED) is 0.163. The topological polar surface area (TPSA) is 185 Å². The van der Waals surface area contributed by atoms with E-state index in [1.807, 2.05) is 27.7 Å². The van der Waals surface area contributed by atoms with Crippen LogP contribution in [0.25, 0.3) is 0 Å². The summed E-state index contributed by atoms with van der Waals surface area (Å²) in [7, 11) is 0. The number of epoxide rings is 1. The van der Waals surface area contributed by atoms with E-state index in [1.54, 1.807) is 6.07 Å². The van der Waals surface area contributed by atoms with Crippen molar-refractivity contribution < 1.29 is 58.2 Å². The van der Waals surface area contributed by atoms with Crippen molar-refractivity contribution in [2.24, 2.45) is 34.0 Å². The van der Waals surface area contributed by atoms with E-state index in [4.69, 9.17) is 23.4 Å². The molecule has 0 bridgehead atoms. The van der Waals surface area contributed by atoms with E-state index < -0.39 is 76.5 Å². The lowest BCUT2D eigenvalue weighted by Gasteiger charge is -2.66. The highest BCUT2D eigenvalue weighted by molar-refractivity contribution is 5.92. The Morgan fingerprint density at radius 3 is 2.51 bits per heavy atom. The number of carbonyl (C=O) groups excluding carboxylic acids is 3. The third kappa shape index (κ3) is 4.24. The number of fused-ring (bicyclic) bond motifs is 1. The first-order valence-electron chi connectivity index (χ1n) is 17.1. The van der Waals surface area contributed by atoms with Gasteiger partial charge in [-0.05, 0) is 57.4 Å². The normalized spacial score (nSPS) is 44.2. The number of rotatable bonds is 10. The van der Waals surface area contributed by atoms with Crippen LogP contribution in [0.1, 0.15) is 90.1 Å². The van der Waals surface area contributed by atoms with Gasteiger partial charge < -0.3 is 43.8 Å². The number of ketones is 1. The summed E-state index contributed by atoms with van der Waals surface area (Å²) >= 11 is 0. The molecular formula is C35H48O12. The highest BCUT2D eigenvalue weighted by atomic mass is 16.7. The molecule has 12 atom stereocenters. The first kappa shape index (κ1) is 33.2. The van der Waals surface area contributed by atoms with E-state index in [-0.39, 0.29) is 49.6 Å². The fraction of sp³-hybridized carbons (Fsp3) is 0.800. The van der Waals surface area contributed by atoms with Gasteiger partial charge in [-0.2, -0.15) is 0 Å². The van der Waals surface area contributed by atoms with E-state index in [9.17, 15) is 34.8 Å². The van der Waals surface area contributed by atoms with Gasteiger partial charge in [0.2, 0.25) is 0 Å². The summed E-state index contributed by atoms with van der Waals surface area (Å²) in [6.07, 6.45) is 0.788. The van der Waals surface area contributed by atoms with Crippen LogP contribution in [-0.4, -0.2) is 93.6 Å². The van der Waals surface area contributed by atoms with Crippen LogP contribution < -0.4 is 0 Å². The number of hydrogen-bond acceptors (Lipinski definition) is 12. The number of hydrogen-bond donors (Lipinski definition) is 4. The molecule has 6 aliphatic rings. The Bertz CT molecular complexity index is 1440. The summed E-state index contributed by atoms with van der Waals surface area (Å²) < 4.78 is 30.8. The van der Waals surface area contributed by atoms with Gasteiger partial charge in [-0.3, -0.25) is 9.59 Å². The third-order valence-corrected chi connectivity index (χ3v) is 13.3. The predicted molar refractivity (Wildman–Crippen MR) is 161 cm³/mol. The summed E-state index contributed by atoms with van der Waals surface area (Å²) in [6, 6.07) is 1.76. The molecule has 0 unspecified atom stereocenters. The van der Waals surface area contributed by atoms with Crippen LogP contribution in [0.5, 0.6) is 0 Å². The van der Waals surface area contributed by atoms with Crippen molar-refractivity contribution in [2.75, 3.05) is 19.8 Å². The molecular weight excluding hydrogens is 612 g/mol. The van der Waals surface area contributed by atoms with Gasteiger partial charge in [-0.1, -0.05) is 26.7 Å². The number of carbonyl (C=O) groups is 3. The van der Waals surface area contributed by atoms with Crippen LogP contribution in [0, 0.1) is 34.0 Å². The minimum absolute atomic E-state index is 0.00654. The molecule has 7 rings (SSSR count). The highest BCUT2D eigenvalue weighted by Crippen LogP contribution is 2.80. The lowest BCUT2D eigenvalue weighted by molar-refractivity contribution is -0.252. The molecule has 4 N–H and O–H groups in total. The largest absolute Gasteiger partial charge is 0.469 e. The van der Waals surface area contributed by atoms with Gasteiger partial charge in [0, 0.05) is 34.8 Å². The summed E-state index contributed by atoms with van der Waals surface area (Å²) in [6.45, 7) is 7.18. The minimum atomic E-state index is -1.47. The number of unbranched alkanes of at least 4 members (excludes halogenated alkanes) is 2. The third-order valence-electron chi connectivity index (χ3n) is 13.3. The van der Waals surface area contributed by atoms with Gasteiger partial charge in [0.15, 0.2) is 11.9 Å². The van der Waals surface area contributed by atoms with Gasteiger partial charge in [-0.15, -0.1) is 0 Å². The van der Waals surface area contributed by atoms with Crippen molar-refractivity contribution in [1.82, 2.24) is 0 Å². The van der Waals surface area contributed by atoms with Crippen molar-refractivity contribution in [2.45, 2.75) is 121 Å². The molecule has 260 valence electrons. The zero-order valence-corrected chi connectivity index (χ0v) is 27.6. The van der Waals surface area contributed by atoms with Crippen LogP contribution in [0.15, 0.2) is 16.7 Å². The van der Waals surface area contributed by atoms with Crippen molar-refractivity contribution in [1.29, 1.82) is 0 Å². The Morgan fingerprint density at radius 1 is 1.02 bits per heavy atom. The molecule has 12 heteroatoms. The maximum absolute atomic E-state index is 14.4. The number of esters is 2. The summed E-state index contributed by atoms with van der Waals surface area (Å²) in [4.78, 5) is 40.7. The SMILES string of the molecule is CC1(C)O[C@H]2CC(=O)OC[C@]23[C@H]1C(=O)[C@@H](O)[C@]1(C)[C@H]3CC[C@@]2(C)[C@H](c3ccoc3C[C@H](CCCCCO)[C@H](O)CO)OC(=O)[C@H]3O[C@]312. The van der Waals surface area contributed by atoms with Crippen molar-refractivity contribution in [3.8, 4) is 0 Å². The Hall–Kier alpha value is -2.35. The fourth-order valence-electron chi connectivity index (χ4n) is 11.3. The lowest BCUT2D eigenvalue weighted by Crippen LogP contribution is -2.76. The van der Waals surface area contributed by atoms with Crippen LogP contribution in [-0.2, 0) is 39.8 Å². The maximum atomic E-state index is 14.4. The molecule has 47 heavy (non-hydrogen) atoms. The maximum Gasteiger partial charge on any atom is 0.339 e. The number of aliphatic hydroxyl groups is 4. The first-order valence-corrected chi connectivity index (χ1v) is 17.1. The monoisotopic (exact) mass is 660 g/mol. The molecule has 2 spiro atoms. The van der Waals surface area contributed by atoms with Crippen LogP contribution in [0.3, 0.4) is 0 Å². The van der Waals surface area contributed by atoms with E-state index >= 15 is 0 Å². The van der Waals surface area contributed by atoms with Crippen molar-refractivity contribution in [3.63, 3.8) is 0 Å². The minimum Gasteiger partial charge on any atom is -0.469 e. The number of ether oxygens (including phenoxy) is 4. The molecule has 0 radical (unpaired) electrons.